The molecule has 0 aromatic heterocycles. The average molecular weight is 248 g/mol. The highest BCUT2D eigenvalue weighted by Crippen LogP contribution is 2.27. The third kappa shape index (κ3) is 2.91. The lowest BCUT2D eigenvalue weighted by molar-refractivity contribution is -0.00839. The van der Waals surface area contributed by atoms with Crippen molar-refractivity contribution in [3.63, 3.8) is 0 Å². The summed E-state index contributed by atoms with van der Waals surface area (Å²) in [6, 6.07) is 9.03. The first-order chi connectivity index (χ1) is 8.55. The van der Waals surface area contributed by atoms with Gasteiger partial charge < -0.3 is 10.5 Å². The molecule has 2 N–H and O–H groups in total. The fourth-order valence-corrected chi connectivity index (χ4v) is 2.63. The molecule has 0 amide bonds. The lowest BCUT2D eigenvalue weighted by atomic mass is 9.98. The van der Waals surface area contributed by atoms with Gasteiger partial charge in [-0.05, 0) is 31.4 Å². The molecule has 0 aliphatic carbocycles. The quantitative estimate of drug-likeness (QED) is 0.867. The van der Waals surface area contributed by atoms with Gasteiger partial charge in [0.1, 0.15) is 0 Å². The van der Waals surface area contributed by atoms with E-state index in [0.29, 0.717) is 12.6 Å². The van der Waals surface area contributed by atoms with Gasteiger partial charge in [0.2, 0.25) is 0 Å². The number of methoxy groups -OCH3 is 1. The molecule has 0 radical (unpaired) electrons. The Morgan fingerprint density at radius 3 is 2.28 bits per heavy atom. The van der Waals surface area contributed by atoms with Crippen molar-refractivity contribution >= 4 is 0 Å². The van der Waals surface area contributed by atoms with Crippen molar-refractivity contribution in [2.45, 2.75) is 45.0 Å². The predicted octanol–water partition coefficient (Wildman–Crippen LogP) is 2.14. The zero-order chi connectivity index (χ0) is 13.2. The number of rotatable bonds is 5. The average Bonchev–Trinajstić information content (AvgIpc) is 2.79. The second-order valence-corrected chi connectivity index (χ2v) is 5.73. The summed E-state index contributed by atoms with van der Waals surface area (Å²) in [5.41, 5.74) is 8.71. The van der Waals surface area contributed by atoms with Crippen LogP contribution in [0, 0.1) is 0 Å². The van der Waals surface area contributed by atoms with Gasteiger partial charge in [0.25, 0.3) is 0 Å². The van der Waals surface area contributed by atoms with Crippen LogP contribution in [0.4, 0.5) is 0 Å². The van der Waals surface area contributed by atoms with Crippen LogP contribution < -0.4 is 5.73 Å². The van der Waals surface area contributed by atoms with Gasteiger partial charge in [-0.3, -0.25) is 4.90 Å². The third-order valence-corrected chi connectivity index (χ3v) is 3.93. The molecule has 100 valence electrons. The molecule has 2 rings (SSSR count). The molecule has 0 fully saturated rings. The largest absolute Gasteiger partial charge is 0.379 e. The Hall–Kier alpha value is -0.900. The molecule has 1 aliphatic rings. The topological polar surface area (TPSA) is 38.5 Å². The summed E-state index contributed by atoms with van der Waals surface area (Å²) in [5, 5.41) is 0. The molecule has 1 atom stereocenters. The van der Waals surface area contributed by atoms with Crippen LogP contribution in [0.15, 0.2) is 24.3 Å². The van der Waals surface area contributed by atoms with Crippen LogP contribution in [0.5, 0.6) is 0 Å². The third-order valence-electron chi connectivity index (χ3n) is 3.93. The van der Waals surface area contributed by atoms with Crippen molar-refractivity contribution in [3.05, 3.63) is 35.4 Å². The predicted molar refractivity (Wildman–Crippen MR) is 74.2 cm³/mol. The Balaban J connectivity index is 2.04. The Morgan fingerprint density at radius 1 is 1.28 bits per heavy atom. The van der Waals surface area contributed by atoms with Crippen LogP contribution in [-0.4, -0.2) is 30.2 Å². The maximum absolute atomic E-state index is 5.95. The van der Waals surface area contributed by atoms with Crippen molar-refractivity contribution in [2.24, 2.45) is 5.73 Å². The fourth-order valence-electron chi connectivity index (χ4n) is 2.63. The van der Waals surface area contributed by atoms with E-state index in [1.54, 1.807) is 7.11 Å². The minimum absolute atomic E-state index is 0.112. The van der Waals surface area contributed by atoms with E-state index in [2.05, 4.69) is 43.0 Å². The van der Waals surface area contributed by atoms with Crippen molar-refractivity contribution in [1.82, 2.24) is 4.90 Å². The van der Waals surface area contributed by atoms with Crippen LogP contribution in [-0.2, 0) is 17.8 Å². The Labute approximate surface area is 110 Å². The fraction of sp³-hybridized carbons (Fsp3) is 0.600. The smallest absolute Gasteiger partial charge is 0.0638 e. The van der Waals surface area contributed by atoms with Crippen molar-refractivity contribution in [2.75, 3.05) is 13.7 Å². The SMILES string of the molecule is COC(C)(C)CC(CN)N1Cc2ccccc2C1. The molecular formula is C15H24N2O. The van der Waals surface area contributed by atoms with Crippen molar-refractivity contribution in [3.8, 4) is 0 Å². The minimum Gasteiger partial charge on any atom is -0.379 e. The van der Waals surface area contributed by atoms with E-state index in [0.717, 1.165) is 19.5 Å². The van der Waals surface area contributed by atoms with Gasteiger partial charge in [-0.25, -0.2) is 0 Å². The summed E-state index contributed by atoms with van der Waals surface area (Å²) in [5.74, 6) is 0. The highest BCUT2D eigenvalue weighted by Gasteiger charge is 2.29. The van der Waals surface area contributed by atoms with Crippen LogP contribution >= 0.6 is 0 Å². The minimum atomic E-state index is -0.112. The Kier molecular flexibility index (Phi) is 4.05. The number of ether oxygens (including phenoxy) is 1. The number of hydrogen-bond acceptors (Lipinski definition) is 3. The molecule has 1 aromatic rings. The zero-order valence-corrected chi connectivity index (χ0v) is 11.6. The first-order valence-corrected chi connectivity index (χ1v) is 6.62. The highest BCUT2D eigenvalue weighted by atomic mass is 16.5. The van der Waals surface area contributed by atoms with Gasteiger partial charge in [0.05, 0.1) is 5.60 Å². The molecule has 0 bridgehead atoms. The summed E-state index contributed by atoms with van der Waals surface area (Å²) in [6.45, 7) is 6.95. The zero-order valence-electron chi connectivity index (χ0n) is 11.6. The van der Waals surface area contributed by atoms with Crippen molar-refractivity contribution < 1.29 is 4.74 Å². The Morgan fingerprint density at radius 2 is 1.83 bits per heavy atom. The molecule has 0 spiro atoms. The van der Waals surface area contributed by atoms with Gasteiger partial charge >= 0.3 is 0 Å². The van der Waals surface area contributed by atoms with Crippen LogP contribution in [0.1, 0.15) is 31.4 Å². The van der Waals surface area contributed by atoms with Crippen LogP contribution in [0.3, 0.4) is 0 Å². The van der Waals surface area contributed by atoms with Gasteiger partial charge in [-0.2, -0.15) is 0 Å². The molecule has 1 aliphatic heterocycles. The van der Waals surface area contributed by atoms with E-state index in [-0.39, 0.29) is 5.60 Å². The summed E-state index contributed by atoms with van der Waals surface area (Å²) >= 11 is 0. The van der Waals surface area contributed by atoms with E-state index in [1.807, 2.05) is 0 Å². The van der Waals surface area contributed by atoms with E-state index >= 15 is 0 Å². The van der Waals surface area contributed by atoms with Gasteiger partial charge in [0, 0.05) is 32.8 Å². The molecule has 0 saturated carbocycles. The lowest BCUT2D eigenvalue weighted by Gasteiger charge is -2.33. The summed E-state index contributed by atoms with van der Waals surface area (Å²) in [7, 11) is 1.77. The summed E-state index contributed by atoms with van der Waals surface area (Å²) < 4.78 is 5.52. The maximum Gasteiger partial charge on any atom is 0.0638 e. The van der Waals surface area contributed by atoms with E-state index in [4.69, 9.17) is 10.5 Å². The monoisotopic (exact) mass is 248 g/mol. The molecule has 1 aromatic carbocycles. The second-order valence-electron chi connectivity index (χ2n) is 5.73. The van der Waals surface area contributed by atoms with Crippen LogP contribution in [0.2, 0.25) is 0 Å². The molecule has 3 heteroatoms. The lowest BCUT2D eigenvalue weighted by Crippen LogP contribution is -2.42. The van der Waals surface area contributed by atoms with E-state index < -0.39 is 0 Å². The number of nitrogens with two attached hydrogens (primary N) is 1. The molecule has 1 heterocycles. The number of fused-ring (bicyclic) bond motifs is 1. The molecule has 0 saturated heterocycles. The maximum atomic E-state index is 5.95. The number of nitrogens with zero attached hydrogens (tertiary/aromatic N) is 1. The standard InChI is InChI=1S/C15H24N2O/c1-15(2,18-3)8-14(9-16)17-10-12-6-4-5-7-13(12)11-17/h4-7,14H,8-11,16H2,1-3H3. The van der Waals surface area contributed by atoms with Crippen LogP contribution in [0.25, 0.3) is 0 Å². The van der Waals surface area contributed by atoms with E-state index in [9.17, 15) is 0 Å². The number of benzene rings is 1. The van der Waals surface area contributed by atoms with Gasteiger partial charge in [-0.1, -0.05) is 24.3 Å². The second kappa shape index (κ2) is 5.39. The van der Waals surface area contributed by atoms with Gasteiger partial charge in [-0.15, -0.1) is 0 Å². The highest BCUT2D eigenvalue weighted by molar-refractivity contribution is 5.30. The molecule has 1 unspecified atom stereocenters. The number of hydrogen-bond donors (Lipinski definition) is 1. The van der Waals surface area contributed by atoms with E-state index in [1.165, 1.54) is 11.1 Å². The van der Waals surface area contributed by atoms with Gasteiger partial charge in [0.15, 0.2) is 0 Å². The molecular weight excluding hydrogens is 224 g/mol. The van der Waals surface area contributed by atoms with Crippen molar-refractivity contribution in [1.29, 1.82) is 0 Å². The molecule has 3 nitrogen and oxygen atoms in total. The normalized spacial score (nSPS) is 17.8. The summed E-state index contributed by atoms with van der Waals surface area (Å²) in [6.07, 6.45) is 0.966. The first-order valence-electron chi connectivity index (χ1n) is 6.62. The first kappa shape index (κ1) is 13.5. The summed E-state index contributed by atoms with van der Waals surface area (Å²) in [4.78, 5) is 2.46. The Bertz CT molecular complexity index is 378. The molecule has 18 heavy (non-hydrogen) atoms.